The summed E-state index contributed by atoms with van der Waals surface area (Å²) < 4.78 is 3.03. The van der Waals surface area contributed by atoms with Gasteiger partial charge in [0.2, 0.25) is 0 Å². The quantitative estimate of drug-likeness (QED) is 0.406. The molecule has 0 bridgehead atoms. The lowest BCUT2D eigenvalue weighted by Gasteiger charge is -2.09. The van der Waals surface area contributed by atoms with E-state index in [1.54, 1.807) is 18.9 Å². The van der Waals surface area contributed by atoms with Crippen molar-refractivity contribution in [1.82, 2.24) is 19.5 Å². The summed E-state index contributed by atoms with van der Waals surface area (Å²) in [5.74, 6) is 0.746. The number of hydrogen-bond donors (Lipinski definition) is 3. The summed E-state index contributed by atoms with van der Waals surface area (Å²) >= 11 is 3.44. The van der Waals surface area contributed by atoms with E-state index in [-0.39, 0.29) is 0 Å². The van der Waals surface area contributed by atoms with Crippen molar-refractivity contribution in [2.45, 2.75) is 13.0 Å². The number of aryl methyl sites for hydroxylation is 1. The van der Waals surface area contributed by atoms with E-state index in [2.05, 4.69) is 36.2 Å². The van der Waals surface area contributed by atoms with E-state index < -0.39 is 0 Å². The Balaban J connectivity index is 0.000000211. The maximum absolute atomic E-state index is 5.82. The topological polar surface area (TPSA) is 108 Å². The van der Waals surface area contributed by atoms with Gasteiger partial charge in [0.25, 0.3) is 0 Å². The second-order valence-corrected chi connectivity index (χ2v) is 6.99. The highest BCUT2D eigenvalue weighted by molar-refractivity contribution is 9.10. The van der Waals surface area contributed by atoms with Crippen LogP contribution in [0.5, 0.6) is 0 Å². The van der Waals surface area contributed by atoms with Crippen molar-refractivity contribution < 1.29 is 0 Å². The Morgan fingerprint density at radius 3 is 2.75 bits per heavy atom. The summed E-state index contributed by atoms with van der Waals surface area (Å²) in [5, 5.41) is 4.18. The summed E-state index contributed by atoms with van der Waals surface area (Å²) in [6.45, 7) is 1.73. The molecule has 2 heterocycles. The molecule has 4 rings (SSSR count). The summed E-state index contributed by atoms with van der Waals surface area (Å²) in [6, 6.07) is 13.5. The molecule has 28 heavy (non-hydrogen) atoms. The van der Waals surface area contributed by atoms with E-state index in [0.717, 1.165) is 46.4 Å². The van der Waals surface area contributed by atoms with Crippen molar-refractivity contribution in [3.05, 3.63) is 72.0 Å². The van der Waals surface area contributed by atoms with Gasteiger partial charge in [-0.05, 0) is 49.4 Å². The third-order valence-corrected chi connectivity index (χ3v) is 4.42. The predicted molar refractivity (Wildman–Crippen MR) is 117 cm³/mol. The van der Waals surface area contributed by atoms with Crippen LogP contribution in [0.2, 0.25) is 0 Å². The minimum Gasteiger partial charge on any atom is -0.399 e. The molecule has 0 saturated carbocycles. The second kappa shape index (κ2) is 9.82. The molecule has 144 valence electrons. The van der Waals surface area contributed by atoms with Crippen LogP contribution in [-0.4, -0.2) is 26.1 Å². The van der Waals surface area contributed by atoms with E-state index in [1.807, 2.05) is 53.2 Å². The molecule has 0 amide bonds. The Bertz CT molecular complexity index is 1020. The van der Waals surface area contributed by atoms with Crippen molar-refractivity contribution >= 4 is 44.0 Å². The lowest BCUT2D eigenvalue weighted by Crippen LogP contribution is -2.03. The molecule has 0 unspecified atom stereocenters. The fourth-order valence-electron chi connectivity index (χ4n) is 2.57. The van der Waals surface area contributed by atoms with Crippen molar-refractivity contribution in [2.75, 3.05) is 17.6 Å². The number of aromatic nitrogens is 4. The van der Waals surface area contributed by atoms with Crippen molar-refractivity contribution in [1.29, 1.82) is 0 Å². The van der Waals surface area contributed by atoms with E-state index in [9.17, 15) is 0 Å². The van der Waals surface area contributed by atoms with Crippen LogP contribution in [-0.2, 0) is 6.54 Å². The summed E-state index contributed by atoms with van der Waals surface area (Å²) in [6.07, 6.45) is 8.08. The largest absolute Gasteiger partial charge is 0.399 e. The van der Waals surface area contributed by atoms with Crippen LogP contribution in [0.3, 0.4) is 0 Å². The Kier molecular flexibility index (Phi) is 6.94. The molecule has 0 spiro atoms. The number of fused-ring (bicyclic) bond motifs is 1. The van der Waals surface area contributed by atoms with E-state index in [0.29, 0.717) is 5.69 Å². The molecule has 0 atom stereocenters. The number of benzene rings is 2. The Hall–Kier alpha value is -2.97. The van der Waals surface area contributed by atoms with Crippen LogP contribution < -0.4 is 16.8 Å². The van der Waals surface area contributed by atoms with Crippen molar-refractivity contribution in [3.8, 4) is 0 Å². The third kappa shape index (κ3) is 5.51. The lowest BCUT2D eigenvalue weighted by molar-refractivity contribution is 0.650. The normalized spacial score (nSPS) is 10.4. The van der Waals surface area contributed by atoms with E-state index in [1.165, 1.54) is 0 Å². The smallest absolute Gasteiger partial charge is 0.141 e. The van der Waals surface area contributed by atoms with Gasteiger partial charge in [-0.3, -0.25) is 0 Å². The molecule has 0 radical (unpaired) electrons. The molecule has 5 N–H and O–H groups in total. The monoisotopic (exact) mass is 439 g/mol. The first kappa shape index (κ1) is 19.8. The van der Waals surface area contributed by atoms with Gasteiger partial charge >= 0.3 is 0 Å². The third-order valence-electron chi connectivity index (χ3n) is 3.93. The minimum absolute atomic E-state index is 0.694. The van der Waals surface area contributed by atoms with Gasteiger partial charge in [0.05, 0.1) is 11.8 Å². The minimum atomic E-state index is 0.694. The molecule has 7 nitrogen and oxygen atoms in total. The average Bonchev–Trinajstić information content (AvgIpc) is 3.21. The zero-order valence-corrected chi connectivity index (χ0v) is 16.9. The van der Waals surface area contributed by atoms with Gasteiger partial charge in [0.15, 0.2) is 0 Å². The first-order chi connectivity index (χ1) is 13.7. The Labute approximate surface area is 172 Å². The predicted octanol–water partition coefficient (Wildman–Crippen LogP) is 3.95. The van der Waals surface area contributed by atoms with Crippen LogP contribution >= 0.6 is 15.9 Å². The van der Waals surface area contributed by atoms with Crippen LogP contribution in [0.4, 0.5) is 17.2 Å². The van der Waals surface area contributed by atoms with Gasteiger partial charge in [0.1, 0.15) is 12.1 Å². The number of nitrogen functional groups attached to an aromatic ring is 1. The average molecular weight is 440 g/mol. The zero-order chi connectivity index (χ0) is 19.8. The second-order valence-electron chi connectivity index (χ2n) is 6.08. The molecule has 8 heteroatoms. The number of nitrogens with one attached hydrogen (secondary N) is 1. The van der Waals surface area contributed by atoms with Crippen LogP contribution in [0.15, 0.2) is 72.0 Å². The lowest BCUT2D eigenvalue weighted by atomic mass is 10.2. The number of nitrogens with two attached hydrogens (primary N) is 2. The summed E-state index contributed by atoms with van der Waals surface area (Å²) in [4.78, 5) is 12.4. The fraction of sp³-hybridized carbons (Fsp3) is 0.150. The maximum Gasteiger partial charge on any atom is 0.141 e. The van der Waals surface area contributed by atoms with Gasteiger partial charge in [-0.1, -0.05) is 22.0 Å². The number of rotatable bonds is 5. The highest BCUT2D eigenvalue weighted by Gasteiger charge is 2.04. The number of imidazole rings is 1. The molecule has 0 aliphatic heterocycles. The highest BCUT2D eigenvalue weighted by atomic mass is 79.9. The molecular formula is C20H22BrN7. The maximum atomic E-state index is 5.82. The molecule has 2 aromatic carbocycles. The molecule has 0 saturated heterocycles. The molecule has 4 aromatic rings. The van der Waals surface area contributed by atoms with Crippen LogP contribution in [0.1, 0.15) is 6.42 Å². The van der Waals surface area contributed by atoms with E-state index in [4.69, 9.17) is 11.5 Å². The fourth-order valence-corrected chi connectivity index (χ4v) is 2.97. The first-order valence-corrected chi connectivity index (χ1v) is 9.63. The number of nitrogens with zero attached hydrogens (tertiary/aromatic N) is 4. The summed E-state index contributed by atoms with van der Waals surface area (Å²) in [5.41, 5.74) is 13.6. The first-order valence-electron chi connectivity index (χ1n) is 8.84. The molecule has 0 aliphatic rings. The Morgan fingerprint density at radius 2 is 2.00 bits per heavy atom. The zero-order valence-electron chi connectivity index (χ0n) is 15.3. The summed E-state index contributed by atoms with van der Waals surface area (Å²) in [7, 11) is 0. The van der Waals surface area contributed by atoms with Gasteiger partial charge < -0.3 is 21.4 Å². The van der Waals surface area contributed by atoms with Crippen LogP contribution in [0.25, 0.3) is 10.9 Å². The number of hydrogen-bond acceptors (Lipinski definition) is 6. The molecule has 0 fully saturated rings. The van der Waals surface area contributed by atoms with Crippen molar-refractivity contribution in [2.24, 2.45) is 5.73 Å². The molecule has 0 aliphatic carbocycles. The van der Waals surface area contributed by atoms with Crippen LogP contribution in [0, 0.1) is 0 Å². The number of halogens is 1. The number of anilines is 3. The van der Waals surface area contributed by atoms with Gasteiger partial charge in [-0.25, -0.2) is 15.0 Å². The molecular weight excluding hydrogens is 418 g/mol. The SMILES string of the molecule is NCCCn1ccnc1.Nc1ccc2ncnc(Nc3cccc(Br)c3)c2c1. The molecule has 2 aromatic heterocycles. The van der Waals surface area contributed by atoms with Gasteiger partial charge in [-0.2, -0.15) is 0 Å². The van der Waals surface area contributed by atoms with Crippen molar-refractivity contribution in [3.63, 3.8) is 0 Å². The van der Waals surface area contributed by atoms with E-state index >= 15 is 0 Å². The van der Waals surface area contributed by atoms with Gasteiger partial charge in [-0.15, -0.1) is 0 Å². The highest BCUT2D eigenvalue weighted by Crippen LogP contribution is 2.25. The Morgan fingerprint density at radius 1 is 1.11 bits per heavy atom. The van der Waals surface area contributed by atoms with Gasteiger partial charge in [0, 0.05) is 40.2 Å². The standard InChI is InChI=1S/C14H11BrN4.C6H11N3/c15-9-2-1-3-11(6-9)19-14-12-7-10(16)4-5-13(12)17-8-18-14;7-2-1-4-9-5-3-8-6-9/h1-8H,16H2,(H,17,18,19);3,5-6H,1-2,4,7H2.